The van der Waals surface area contributed by atoms with Crippen molar-refractivity contribution in [3.63, 3.8) is 0 Å². The van der Waals surface area contributed by atoms with E-state index in [1.165, 1.54) is 0 Å². The molecule has 1 N–H and O–H groups in total. The number of alkyl halides is 6. The Balaban J connectivity index is 0.00000288. The van der Waals surface area contributed by atoms with Gasteiger partial charge in [0.2, 0.25) is 0 Å². The number of nitrogens with zero attached hydrogens (tertiary/aromatic N) is 1. The molecule has 0 saturated carbocycles. The summed E-state index contributed by atoms with van der Waals surface area (Å²) in [7, 11) is 0. The predicted molar refractivity (Wildman–Crippen MR) is 81.2 cm³/mol. The SMILES string of the molecule is CC[C@H](c1cc(C(F)(F)F)ccc1C(F)(F)F)N1CCNCC1.Cl. The Hall–Kier alpha value is -0.990. The Kier molecular flexibility index (Phi) is 6.95. The van der Waals surface area contributed by atoms with E-state index in [1.54, 1.807) is 11.8 Å². The van der Waals surface area contributed by atoms with Gasteiger partial charge in [0.15, 0.2) is 0 Å². The van der Waals surface area contributed by atoms with Crippen molar-refractivity contribution >= 4 is 12.4 Å². The molecule has 1 heterocycles. The Labute approximate surface area is 142 Å². The number of nitrogens with one attached hydrogen (secondary N) is 1. The summed E-state index contributed by atoms with van der Waals surface area (Å²) in [5.74, 6) is 0. The maximum absolute atomic E-state index is 13.2. The molecule has 1 aliphatic rings. The highest BCUT2D eigenvalue weighted by atomic mass is 35.5. The molecule has 0 aliphatic carbocycles. The molecule has 1 atom stereocenters. The summed E-state index contributed by atoms with van der Waals surface area (Å²) < 4.78 is 78.4. The van der Waals surface area contributed by atoms with Crippen LogP contribution in [0, 0.1) is 0 Å². The van der Waals surface area contributed by atoms with Gasteiger partial charge in [-0.3, -0.25) is 4.90 Å². The third-order valence-electron chi connectivity index (χ3n) is 4.02. The second-order valence-corrected chi connectivity index (χ2v) is 5.51. The molecule has 1 fully saturated rings. The number of halogens is 7. The van der Waals surface area contributed by atoms with Gasteiger partial charge in [0.1, 0.15) is 0 Å². The maximum atomic E-state index is 13.2. The van der Waals surface area contributed by atoms with Gasteiger partial charge in [-0.1, -0.05) is 6.92 Å². The van der Waals surface area contributed by atoms with Crippen LogP contribution in [0.2, 0.25) is 0 Å². The zero-order valence-electron chi connectivity index (χ0n) is 13.0. The summed E-state index contributed by atoms with van der Waals surface area (Å²) >= 11 is 0. The van der Waals surface area contributed by atoms with Gasteiger partial charge in [0, 0.05) is 32.2 Å². The van der Waals surface area contributed by atoms with E-state index >= 15 is 0 Å². The zero-order chi connectivity index (χ0) is 17.3. The minimum Gasteiger partial charge on any atom is -0.314 e. The number of hydrogen-bond acceptors (Lipinski definition) is 2. The van der Waals surface area contributed by atoms with Crippen LogP contribution in [0.3, 0.4) is 0 Å². The predicted octanol–water partition coefficient (Wildman–Crippen LogP) is 4.50. The Morgan fingerprint density at radius 3 is 2.08 bits per heavy atom. The van der Waals surface area contributed by atoms with Crippen molar-refractivity contribution in [3.8, 4) is 0 Å². The molecule has 0 bridgehead atoms. The Bertz CT molecular complexity index is 538. The maximum Gasteiger partial charge on any atom is 0.416 e. The van der Waals surface area contributed by atoms with Crippen molar-refractivity contribution in [3.05, 3.63) is 34.9 Å². The monoisotopic (exact) mass is 376 g/mol. The van der Waals surface area contributed by atoms with Gasteiger partial charge in [-0.15, -0.1) is 12.4 Å². The highest BCUT2D eigenvalue weighted by Gasteiger charge is 2.39. The molecular formula is C15H19ClF6N2. The molecule has 0 unspecified atom stereocenters. The first kappa shape index (κ1) is 21.1. The lowest BCUT2D eigenvalue weighted by molar-refractivity contribution is -0.142. The Morgan fingerprint density at radius 1 is 1.04 bits per heavy atom. The van der Waals surface area contributed by atoms with Crippen molar-refractivity contribution in [1.82, 2.24) is 10.2 Å². The summed E-state index contributed by atoms with van der Waals surface area (Å²) in [5, 5.41) is 3.08. The first-order valence-corrected chi connectivity index (χ1v) is 7.37. The molecule has 0 amide bonds. The quantitative estimate of drug-likeness (QED) is 0.781. The van der Waals surface area contributed by atoms with Gasteiger partial charge in [0.05, 0.1) is 11.1 Å². The fourth-order valence-electron chi connectivity index (χ4n) is 2.94. The normalized spacial score (nSPS) is 18.1. The zero-order valence-corrected chi connectivity index (χ0v) is 13.8. The van der Waals surface area contributed by atoms with Gasteiger partial charge >= 0.3 is 12.4 Å². The van der Waals surface area contributed by atoms with Crippen molar-refractivity contribution in [2.24, 2.45) is 0 Å². The third-order valence-corrected chi connectivity index (χ3v) is 4.02. The number of rotatable bonds is 3. The lowest BCUT2D eigenvalue weighted by atomic mass is 9.94. The van der Waals surface area contributed by atoms with Gasteiger partial charge in [-0.05, 0) is 30.2 Å². The number of piperazine rings is 1. The van der Waals surface area contributed by atoms with E-state index in [4.69, 9.17) is 0 Å². The molecule has 2 nitrogen and oxygen atoms in total. The summed E-state index contributed by atoms with van der Waals surface area (Å²) in [5.41, 5.74) is -2.33. The van der Waals surface area contributed by atoms with Crippen LogP contribution in [0.15, 0.2) is 18.2 Å². The van der Waals surface area contributed by atoms with Crippen molar-refractivity contribution in [1.29, 1.82) is 0 Å². The van der Waals surface area contributed by atoms with Crippen LogP contribution in [-0.4, -0.2) is 31.1 Å². The molecular weight excluding hydrogens is 358 g/mol. The van der Waals surface area contributed by atoms with Crippen LogP contribution < -0.4 is 5.32 Å². The molecule has 1 saturated heterocycles. The van der Waals surface area contributed by atoms with E-state index in [2.05, 4.69) is 5.32 Å². The minimum atomic E-state index is -4.68. The average Bonchev–Trinajstić information content (AvgIpc) is 2.47. The largest absolute Gasteiger partial charge is 0.416 e. The summed E-state index contributed by atoms with van der Waals surface area (Å²) in [6, 6.07) is 1.01. The van der Waals surface area contributed by atoms with Crippen LogP contribution in [-0.2, 0) is 12.4 Å². The van der Waals surface area contributed by atoms with E-state index in [0.29, 0.717) is 50.8 Å². The van der Waals surface area contributed by atoms with Crippen LogP contribution in [0.5, 0.6) is 0 Å². The van der Waals surface area contributed by atoms with Gasteiger partial charge in [0.25, 0.3) is 0 Å². The van der Waals surface area contributed by atoms with Crippen LogP contribution in [0.1, 0.15) is 36.1 Å². The molecule has 0 aromatic heterocycles. The van der Waals surface area contributed by atoms with E-state index in [1.807, 2.05) is 0 Å². The molecule has 24 heavy (non-hydrogen) atoms. The van der Waals surface area contributed by atoms with Crippen molar-refractivity contribution < 1.29 is 26.3 Å². The fourth-order valence-corrected chi connectivity index (χ4v) is 2.94. The number of benzene rings is 1. The lowest BCUT2D eigenvalue weighted by Gasteiger charge is -2.36. The molecule has 9 heteroatoms. The van der Waals surface area contributed by atoms with E-state index < -0.39 is 29.5 Å². The minimum absolute atomic E-state index is 0. The van der Waals surface area contributed by atoms with E-state index in [9.17, 15) is 26.3 Å². The topological polar surface area (TPSA) is 15.3 Å². The Morgan fingerprint density at radius 2 is 1.62 bits per heavy atom. The molecule has 1 aliphatic heterocycles. The first-order chi connectivity index (χ1) is 10.6. The summed E-state index contributed by atoms with van der Waals surface area (Å²) in [6.07, 6.45) is -9.04. The van der Waals surface area contributed by atoms with Crippen LogP contribution >= 0.6 is 12.4 Å². The first-order valence-electron chi connectivity index (χ1n) is 7.37. The second kappa shape index (κ2) is 7.93. The molecule has 1 aromatic carbocycles. The lowest BCUT2D eigenvalue weighted by Crippen LogP contribution is -2.45. The molecule has 0 spiro atoms. The number of hydrogen-bond donors (Lipinski definition) is 1. The molecule has 138 valence electrons. The van der Waals surface area contributed by atoms with E-state index in [-0.39, 0.29) is 18.0 Å². The standard InChI is InChI=1S/C15H18F6N2.ClH/c1-2-13(23-7-5-22-6-8-23)11-9-10(14(16,17)18)3-4-12(11)15(19,20)21;/h3-4,9,13,22H,2,5-8H2,1H3;1H/t13-;/m1./s1. The highest BCUT2D eigenvalue weighted by Crippen LogP contribution is 2.40. The highest BCUT2D eigenvalue weighted by molar-refractivity contribution is 5.85. The van der Waals surface area contributed by atoms with Gasteiger partial charge in [-0.25, -0.2) is 0 Å². The van der Waals surface area contributed by atoms with Gasteiger partial charge < -0.3 is 5.32 Å². The van der Waals surface area contributed by atoms with Crippen molar-refractivity contribution in [2.75, 3.05) is 26.2 Å². The average molecular weight is 377 g/mol. The van der Waals surface area contributed by atoms with Crippen LogP contribution in [0.4, 0.5) is 26.3 Å². The van der Waals surface area contributed by atoms with Gasteiger partial charge in [-0.2, -0.15) is 26.3 Å². The van der Waals surface area contributed by atoms with Crippen molar-refractivity contribution in [2.45, 2.75) is 31.7 Å². The summed E-state index contributed by atoms with van der Waals surface area (Å²) in [6.45, 7) is 3.92. The smallest absolute Gasteiger partial charge is 0.314 e. The molecule has 0 radical (unpaired) electrons. The van der Waals surface area contributed by atoms with E-state index in [0.717, 1.165) is 0 Å². The molecule has 1 aromatic rings. The summed E-state index contributed by atoms with van der Waals surface area (Å²) in [4.78, 5) is 1.81. The van der Waals surface area contributed by atoms with Crippen LogP contribution in [0.25, 0.3) is 0 Å². The second-order valence-electron chi connectivity index (χ2n) is 5.51. The fraction of sp³-hybridized carbons (Fsp3) is 0.600. The molecule has 2 rings (SSSR count). The third kappa shape index (κ3) is 4.77.